The first-order valence-corrected chi connectivity index (χ1v) is 6.60. The monoisotopic (exact) mass is 260 g/mol. The summed E-state index contributed by atoms with van der Waals surface area (Å²) < 4.78 is 5.42. The zero-order chi connectivity index (χ0) is 13.2. The molecule has 0 unspecified atom stereocenters. The number of hydrogen-bond acceptors (Lipinski definition) is 3. The predicted molar refractivity (Wildman–Crippen MR) is 70.3 cm³/mol. The number of rotatable bonds is 1. The van der Waals surface area contributed by atoms with Crippen molar-refractivity contribution in [1.29, 1.82) is 0 Å². The van der Waals surface area contributed by atoms with Crippen LogP contribution in [0.4, 0.5) is 5.69 Å². The van der Waals surface area contributed by atoms with Crippen molar-refractivity contribution in [2.24, 2.45) is 0 Å². The molecule has 1 fully saturated rings. The number of ether oxygens (including phenoxy) is 1. The molecule has 1 aromatic carbocycles. The van der Waals surface area contributed by atoms with Crippen LogP contribution in [-0.4, -0.2) is 36.4 Å². The maximum atomic E-state index is 12.5. The third-order valence-corrected chi connectivity index (χ3v) is 3.51. The normalized spacial score (nSPS) is 18.3. The molecule has 0 bridgehead atoms. The Morgan fingerprint density at radius 3 is 2.79 bits per heavy atom. The van der Waals surface area contributed by atoms with Crippen LogP contribution in [0.5, 0.6) is 5.75 Å². The Morgan fingerprint density at radius 2 is 2.00 bits per heavy atom. The van der Waals surface area contributed by atoms with Crippen molar-refractivity contribution in [3.63, 3.8) is 0 Å². The Kier molecular flexibility index (Phi) is 3.11. The molecule has 2 amide bonds. The van der Waals surface area contributed by atoms with Crippen LogP contribution in [0.25, 0.3) is 0 Å². The molecule has 0 spiro atoms. The molecular formula is C14H16N2O3. The third-order valence-electron chi connectivity index (χ3n) is 3.51. The maximum absolute atomic E-state index is 12.5. The van der Waals surface area contributed by atoms with E-state index in [1.165, 1.54) is 6.42 Å². The summed E-state index contributed by atoms with van der Waals surface area (Å²) in [5, 5.41) is 2.72. The van der Waals surface area contributed by atoms with E-state index >= 15 is 0 Å². The molecular weight excluding hydrogens is 244 g/mol. The number of likely N-dealkylation sites (tertiary alicyclic amines) is 1. The lowest BCUT2D eigenvalue weighted by atomic mass is 10.1. The zero-order valence-corrected chi connectivity index (χ0v) is 10.6. The minimum Gasteiger partial charge on any atom is -0.481 e. The summed E-state index contributed by atoms with van der Waals surface area (Å²) in [6.45, 7) is 1.57. The van der Waals surface area contributed by atoms with Crippen molar-refractivity contribution in [2.45, 2.75) is 19.3 Å². The van der Waals surface area contributed by atoms with Crippen molar-refractivity contribution in [1.82, 2.24) is 4.90 Å². The Morgan fingerprint density at radius 1 is 1.21 bits per heavy atom. The summed E-state index contributed by atoms with van der Waals surface area (Å²) in [6.07, 6.45) is 3.29. The second kappa shape index (κ2) is 4.91. The summed E-state index contributed by atoms with van der Waals surface area (Å²) in [4.78, 5) is 25.6. The Balaban J connectivity index is 1.90. The van der Waals surface area contributed by atoms with E-state index in [1.807, 2.05) is 4.90 Å². The first-order valence-electron chi connectivity index (χ1n) is 6.60. The summed E-state index contributed by atoms with van der Waals surface area (Å²) in [5.74, 6) is 0.306. The number of amides is 2. The van der Waals surface area contributed by atoms with Gasteiger partial charge in [-0.05, 0) is 31.4 Å². The number of hydrogen-bond donors (Lipinski definition) is 1. The quantitative estimate of drug-likeness (QED) is 0.835. The highest BCUT2D eigenvalue weighted by molar-refractivity contribution is 6.03. The predicted octanol–water partition coefficient (Wildman–Crippen LogP) is 1.64. The van der Waals surface area contributed by atoms with E-state index in [4.69, 9.17) is 4.74 Å². The molecule has 0 atom stereocenters. The third kappa shape index (κ3) is 2.28. The molecule has 100 valence electrons. The van der Waals surface area contributed by atoms with Crippen LogP contribution in [0, 0.1) is 0 Å². The van der Waals surface area contributed by atoms with Crippen LogP contribution in [0.15, 0.2) is 18.2 Å². The average Bonchev–Trinajstić information content (AvgIpc) is 2.46. The van der Waals surface area contributed by atoms with Gasteiger partial charge < -0.3 is 15.0 Å². The largest absolute Gasteiger partial charge is 0.481 e. The highest BCUT2D eigenvalue weighted by Gasteiger charge is 2.26. The second-order valence-corrected chi connectivity index (χ2v) is 4.87. The molecule has 1 saturated heterocycles. The number of piperidine rings is 1. The van der Waals surface area contributed by atoms with Gasteiger partial charge in [0.05, 0.1) is 11.3 Å². The number of carbonyl (C=O) groups is 2. The van der Waals surface area contributed by atoms with Crippen molar-refractivity contribution in [2.75, 3.05) is 25.0 Å². The molecule has 2 heterocycles. The lowest BCUT2D eigenvalue weighted by molar-refractivity contribution is -0.118. The van der Waals surface area contributed by atoms with Crippen molar-refractivity contribution >= 4 is 17.5 Å². The van der Waals surface area contributed by atoms with E-state index in [0.717, 1.165) is 25.9 Å². The van der Waals surface area contributed by atoms with Crippen LogP contribution < -0.4 is 10.1 Å². The number of anilines is 1. The molecule has 5 heteroatoms. The molecule has 0 aliphatic carbocycles. The first kappa shape index (κ1) is 12.0. The standard InChI is InChI=1S/C14H16N2O3/c17-12-9-19-13-10(5-4-6-11(13)15-12)14(18)16-7-2-1-3-8-16/h4-6H,1-3,7-9H2,(H,15,17). The minimum absolute atomic E-state index is 0.00676. The summed E-state index contributed by atoms with van der Waals surface area (Å²) in [6, 6.07) is 5.28. The molecule has 1 aromatic rings. The smallest absolute Gasteiger partial charge is 0.262 e. The van der Waals surface area contributed by atoms with Crippen molar-refractivity contribution in [3.05, 3.63) is 23.8 Å². The van der Waals surface area contributed by atoms with E-state index in [1.54, 1.807) is 18.2 Å². The molecule has 2 aliphatic heterocycles. The number of nitrogens with one attached hydrogen (secondary N) is 1. The van der Waals surface area contributed by atoms with Crippen LogP contribution in [0.3, 0.4) is 0 Å². The topological polar surface area (TPSA) is 58.6 Å². The van der Waals surface area contributed by atoms with Crippen LogP contribution >= 0.6 is 0 Å². The van der Waals surface area contributed by atoms with Gasteiger partial charge in [0, 0.05) is 13.1 Å². The number of carbonyl (C=O) groups excluding carboxylic acids is 2. The first-order chi connectivity index (χ1) is 9.25. The molecule has 0 aromatic heterocycles. The Labute approximate surface area is 111 Å². The SMILES string of the molecule is O=C1COc2c(cccc2C(=O)N2CCCCC2)N1. The van der Waals surface area contributed by atoms with Gasteiger partial charge in [0.15, 0.2) is 12.4 Å². The molecule has 2 aliphatic rings. The highest BCUT2D eigenvalue weighted by Crippen LogP contribution is 2.32. The fraction of sp³-hybridized carbons (Fsp3) is 0.429. The molecule has 1 N–H and O–H groups in total. The van der Waals surface area contributed by atoms with Crippen LogP contribution in [0.2, 0.25) is 0 Å². The van der Waals surface area contributed by atoms with E-state index in [0.29, 0.717) is 17.0 Å². The zero-order valence-electron chi connectivity index (χ0n) is 10.6. The lowest BCUT2D eigenvalue weighted by Crippen LogP contribution is -2.36. The number of benzene rings is 1. The van der Waals surface area contributed by atoms with E-state index in [9.17, 15) is 9.59 Å². The molecule has 19 heavy (non-hydrogen) atoms. The van der Waals surface area contributed by atoms with Gasteiger partial charge in [-0.3, -0.25) is 9.59 Å². The molecule has 0 radical (unpaired) electrons. The molecule has 3 rings (SSSR count). The summed E-state index contributed by atoms with van der Waals surface area (Å²) >= 11 is 0. The summed E-state index contributed by atoms with van der Waals surface area (Å²) in [5.41, 5.74) is 1.12. The number of nitrogens with zero attached hydrogens (tertiary/aromatic N) is 1. The van der Waals surface area contributed by atoms with Gasteiger partial charge in [0.2, 0.25) is 0 Å². The van der Waals surface area contributed by atoms with Gasteiger partial charge in [0.1, 0.15) is 0 Å². The van der Waals surface area contributed by atoms with Gasteiger partial charge in [-0.1, -0.05) is 6.07 Å². The molecule has 0 saturated carbocycles. The Bertz CT molecular complexity index is 521. The van der Waals surface area contributed by atoms with Gasteiger partial charge in [-0.15, -0.1) is 0 Å². The minimum atomic E-state index is -0.185. The number of para-hydroxylation sites is 1. The lowest BCUT2D eigenvalue weighted by Gasteiger charge is -2.28. The second-order valence-electron chi connectivity index (χ2n) is 4.87. The van der Waals surface area contributed by atoms with Gasteiger partial charge in [-0.25, -0.2) is 0 Å². The maximum Gasteiger partial charge on any atom is 0.262 e. The van der Waals surface area contributed by atoms with Gasteiger partial charge >= 0.3 is 0 Å². The van der Waals surface area contributed by atoms with E-state index in [2.05, 4.69) is 5.32 Å². The van der Waals surface area contributed by atoms with Crippen LogP contribution in [0.1, 0.15) is 29.6 Å². The average molecular weight is 260 g/mol. The Hall–Kier alpha value is -2.04. The fourth-order valence-corrected chi connectivity index (χ4v) is 2.55. The fourth-order valence-electron chi connectivity index (χ4n) is 2.55. The van der Waals surface area contributed by atoms with E-state index in [-0.39, 0.29) is 18.4 Å². The highest BCUT2D eigenvalue weighted by atomic mass is 16.5. The summed E-state index contributed by atoms with van der Waals surface area (Å²) in [7, 11) is 0. The van der Waals surface area contributed by atoms with Crippen LogP contribution in [-0.2, 0) is 4.79 Å². The molecule has 5 nitrogen and oxygen atoms in total. The van der Waals surface area contributed by atoms with Crippen molar-refractivity contribution in [3.8, 4) is 5.75 Å². The van der Waals surface area contributed by atoms with Gasteiger partial charge in [0.25, 0.3) is 11.8 Å². The van der Waals surface area contributed by atoms with E-state index < -0.39 is 0 Å². The number of fused-ring (bicyclic) bond motifs is 1. The van der Waals surface area contributed by atoms with Crippen molar-refractivity contribution < 1.29 is 14.3 Å². The van der Waals surface area contributed by atoms with Gasteiger partial charge in [-0.2, -0.15) is 0 Å².